The number of hydrogen-bond acceptors (Lipinski definition) is 7. The summed E-state index contributed by atoms with van der Waals surface area (Å²) < 4.78 is 16.3. The van der Waals surface area contributed by atoms with Crippen molar-refractivity contribution in [1.82, 2.24) is 10.6 Å². The second-order valence-electron chi connectivity index (χ2n) is 6.76. The van der Waals surface area contributed by atoms with Gasteiger partial charge in [0.2, 0.25) is 6.29 Å². The highest BCUT2D eigenvalue weighted by Gasteiger charge is 2.16. The van der Waals surface area contributed by atoms with E-state index in [-0.39, 0.29) is 26.3 Å². The summed E-state index contributed by atoms with van der Waals surface area (Å²) in [4.78, 5) is 22.6. The van der Waals surface area contributed by atoms with Crippen LogP contribution in [0.25, 0.3) is 0 Å². The lowest BCUT2D eigenvalue weighted by Gasteiger charge is -2.21. The van der Waals surface area contributed by atoms with Crippen LogP contribution in [0, 0.1) is 0 Å². The van der Waals surface area contributed by atoms with Gasteiger partial charge in [0.1, 0.15) is 5.60 Å². The first-order valence-corrected chi connectivity index (χ1v) is 8.99. The maximum atomic E-state index is 11.5. The van der Waals surface area contributed by atoms with Crippen molar-refractivity contribution in [3.63, 3.8) is 0 Å². The van der Waals surface area contributed by atoms with E-state index in [9.17, 15) is 9.59 Å². The van der Waals surface area contributed by atoms with Crippen LogP contribution in [-0.2, 0) is 19.0 Å². The molecule has 9 nitrogen and oxygen atoms in total. The van der Waals surface area contributed by atoms with Crippen LogP contribution in [0.2, 0.25) is 0 Å². The molecule has 0 bridgehead atoms. The van der Waals surface area contributed by atoms with Crippen LogP contribution in [0.5, 0.6) is 0 Å². The van der Waals surface area contributed by atoms with Gasteiger partial charge in [-0.15, -0.1) is 0 Å². The zero-order valence-electron chi connectivity index (χ0n) is 16.2. The molecule has 0 rings (SSSR count). The van der Waals surface area contributed by atoms with Crippen LogP contribution in [0.3, 0.4) is 0 Å². The molecule has 0 aliphatic heterocycles. The van der Waals surface area contributed by atoms with Gasteiger partial charge >= 0.3 is 6.09 Å². The van der Waals surface area contributed by atoms with E-state index >= 15 is 0 Å². The third-order valence-electron chi connectivity index (χ3n) is 3.06. The van der Waals surface area contributed by atoms with Crippen LogP contribution in [0.4, 0.5) is 4.79 Å². The topological polar surface area (TPSA) is 126 Å². The van der Waals surface area contributed by atoms with Crippen molar-refractivity contribution in [2.45, 2.75) is 71.6 Å². The first-order chi connectivity index (χ1) is 12.2. The molecule has 1 unspecified atom stereocenters. The van der Waals surface area contributed by atoms with Crippen molar-refractivity contribution in [2.75, 3.05) is 26.3 Å². The molecule has 0 saturated carbocycles. The fourth-order valence-corrected chi connectivity index (χ4v) is 1.89. The monoisotopic (exact) mass is 378 g/mol. The Morgan fingerprint density at radius 3 is 2.08 bits per heavy atom. The molecule has 4 N–H and O–H groups in total. The summed E-state index contributed by atoms with van der Waals surface area (Å²) in [7, 11) is 0. The number of ether oxygens (including phenoxy) is 3. The van der Waals surface area contributed by atoms with E-state index in [0.717, 1.165) is 19.3 Å². The van der Waals surface area contributed by atoms with E-state index in [0.29, 0.717) is 6.42 Å². The molecule has 2 amide bonds. The average Bonchev–Trinajstić information content (AvgIpc) is 2.52. The Kier molecular flexibility index (Phi) is 13.0. The lowest BCUT2D eigenvalue weighted by Crippen LogP contribution is -2.37. The number of carbonyl (C=O) groups is 2. The van der Waals surface area contributed by atoms with Gasteiger partial charge in [-0.25, -0.2) is 4.79 Å². The summed E-state index contributed by atoms with van der Waals surface area (Å²) in [5.41, 5.74) is -0.552. The van der Waals surface area contributed by atoms with Gasteiger partial charge in [0.05, 0.1) is 13.2 Å². The minimum absolute atomic E-state index is 0.139. The molecule has 0 aliphatic rings. The van der Waals surface area contributed by atoms with Gasteiger partial charge in [0, 0.05) is 13.1 Å². The Hall–Kier alpha value is -1.42. The fraction of sp³-hybridized carbons (Fsp3) is 0.882. The van der Waals surface area contributed by atoms with E-state index < -0.39 is 30.2 Å². The summed E-state index contributed by atoms with van der Waals surface area (Å²) >= 11 is 0. The lowest BCUT2D eigenvalue weighted by atomic mass is 10.2. The molecule has 9 heteroatoms. The van der Waals surface area contributed by atoms with Crippen LogP contribution in [0.1, 0.15) is 53.4 Å². The largest absolute Gasteiger partial charge is 0.444 e. The van der Waals surface area contributed by atoms with E-state index in [1.165, 1.54) is 0 Å². The highest BCUT2D eigenvalue weighted by Crippen LogP contribution is 2.09. The molecule has 0 aromatic heterocycles. The quantitative estimate of drug-likeness (QED) is 0.277. The van der Waals surface area contributed by atoms with E-state index in [1.54, 1.807) is 20.8 Å². The number of unbranched alkanes of at least 4 members (excludes halogenated alkanes) is 2. The number of amides is 2. The summed E-state index contributed by atoms with van der Waals surface area (Å²) in [6.45, 7) is 8.32. The molecule has 0 aromatic rings. The third kappa shape index (κ3) is 14.9. The number of hydrogen-bond donors (Lipinski definition) is 4. The predicted molar refractivity (Wildman–Crippen MR) is 95.3 cm³/mol. The van der Waals surface area contributed by atoms with Crippen molar-refractivity contribution in [2.24, 2.45) is 0 Å². The molecule has 0 spiro atoms. The van der Waals surface area contributed by atoms with Gasteiger partial charge in [-0.05, 0) is 33.6 Å². The Labute approximate surface area is 155 Å². The molecule has 1 atom stereocenters. The Morgan fingerprint density at radius 1 is 1.00 bits per heavy atom. The van der Waals surface area contributed by atoms with Crippen LogP contribution in [-0.4, -0.2) is 66.7 Å². The number of carbonyl (C=O) groups excluding carboxylic acids is 2. The number of rotatable bonds is 13. The first kappa shape index (κ1) is 24.6. The summed E-state index contributed by atoms with van der Waals surface area (Å²) in [5, 5.41) is 22.2. The molecule has 0 aromatic carbocycles. The van der Waals surface area contributed by atoms with Crippen molar-refractivity contribution < 1.29 is 34.0 Å². The molecule has 0 heterocycles. The van der Waals surface area contributed by atoms with E-state index in [1.807, 2.05) is 0 Å². The standard InChI is InChI=1S/C17H34N2O7/c1-5-6-7-8-13(24-11-9-18-14(20)15(21)22)25-12-10-19-16(23)26-17(2,3)4/h13,15,21-22H,5-12H2,1-4H3,(H,18,20)(H,19,23). The Balaban J connectivity index is 4.06. The van der Waals surface area contributed by atoms with Gasteiger partial charge < -0.3 is 35.1 Å². The van der Waals surface area contributed by atoms with Crippen LogP contribution in [0.15, 0.2) is 0 Å². The van der Waals surface area contributed by atoms with Crippen LogP contribution < -0.4 is 10.6 Å². The zero-order valence-corrected chi connectivity index (χ0v) is 16.2. The summed E-state index contributed by atoms with van der Waals surface area (Å²) in [5.74, 6) is -0.876. The van der Waals surface area contributed by atoms with Crippen molar-refractivity contribution >= 4 is 12.0 Å². The summed E-state index contributed by atoms with van der Waals surface area (Å²) in [6.07, 6.45) is 0.738. The summed E-state index contributed by atoms with van der Waals surface area (Å²) in [6, 6.07) is 0. The molecular weight excluding hydrogens is 344 g/mol. The smallest absolute Gasteiger partial charge is 0.407 e. The number of nitrogens with one attached hydrogen (secondary N) is 2. The maximum absolute atomic E-state index is 11.5. The van der Waals surface area contributed by atoms with Crippen LogP contribution >= 0.6 is 0 Å². The maximum Gasteiger partial charge on any atom is 0.407 e. The Bertz CT molecular complexity index is 397. The molecule has 154 valence electrons. The molecule has 26 heavy (non-hydrogen) atoms. The highest BCUT2D eigenvalue weighted by molar-refractivity contribution is 5.78. The lowest BCUT2D eigenvalue weighted by molar-refractivity contribution is -0.153. The number of aliphatic hydroxyl groups excluding tert-OH is 1. The number of aliphatic hydroxyl groups is 2. The molecule has 0 saturated heterocycles. The van der Waals surface area contributed by atoms with Crippen molar-refractivity contribution in [1.29, 1.82) is 0 Å². The van der Waals surface area contributed by atoms with Gasteiger partial charge in [-0.2, -0.15) is 0 Å². The minimum Gasteiger partial charge on any atom is -0.444 e. The molecule has 0 aliphatic carbocycles. The average molecular weight is 378 g/mol. The second kappa shape index (κ2) is 13.7. The van der Waals surface area contributed by atoms with Gasteiger partial charge in [0.15, 0.2) is 6.29 Å². The first-order valence-electron chi connectivity index (χ1n) is 8.99. The highest BCUT2D eigenvalue weighted by atomic mass is 16.7. The Morgan fingerprint density at radius 2 is 1.58 bits per heavy atom. The van der Waals surface area contributed by atoms with E-state index in [2.05, 4.69) is 17.6 Å². The van der Waals surface area contributed by atoms with Gasteiger partial charge in [-0.1, -0.05) is 19.8 Å². The van der Waals surface area contributed by atoms with E-state index in [4.69, 9.17) is 24.4 Å². The van der Waals surface area contributed by atoms with Gasteiger partial charge in [-0.3, -0.25) is 4.79 Å². The predicted octanol–water partition coefficient (Wildman–Crippen LogP) is 0.878. The van der Waals surface area contributed by atoms with Crippen molar-refractivity contribution in [3.05, 3.63) is 0 Å². The molecule has 0 radical (unpaired) electrons. The molecule has 0 fully saturated rings. The minimum atomic E-state index is -2.04. The number of alkyl carbamates (subject to hydrolysis) is 1. The SMILES string of the molecule is CCCCCC(OCCNC(=O)OC(C)(C)C)OCCNC(=O)C(O)O. The normalized spacial score (nSPS) is 12.7. The van der Waals surface area contributed by atoms with Gasteiger partial charge in [0.25, 0.3) is 5.91 Å². The van der Waals surface area contributed by atoms with Crippen molar-refractivity contribution in [3.8, 4) is 0 Å². The third-order valence-corrected chi connectivity index (χ3v) is 3.06. The molecular formula is C17H34N2O7. The second-order valence-corrected chi connectivity index (χ2v) is 6.76. The fourth-order valence-electron chi connectivity index (χ4n) is 1.89. The zero-order chi connectivity index (χ0) is 20.0.